The maximum absolute atomic E-state index is 3.54. The van der Waals surface area contributed by atoms with Gasteiger partial charge in [-0.3, -0.25) is 0 Å². The predicted molar refractivity (Wildman–Crippen MR) is 79.0 cm³/mol. The first-order valence-corrected chi connectivity index (χ1v) is 7.68. The first-order valence-electron chi connectivity index (χ1n) is 6.09. The van der Waals surface area contributed by atoms with Crippen LogP contribution in [0.3, 0.4) is 0 Å². The van der Waals surface area contributed by atoms with Crippen LogP contribution in [0.25, 0.3) is 0 Å². The summed E-state index contributed by atoms with van der Waals surface area (Å²) in [6.45, 7) is 4.58. The Bertz CT molecular complexity index is 300. The van der Waals surface area contributed by atoms with Crippen LogP contribution in [0.2, 0.25) is 0 Å². The lowest BCUT2D eigenvalue weighted by Gasteiger charge is -2.12. The first-order chi connectivity index (χ1) is 7.63. The number of unbranched alkanes of at least 4 members (excludes halogenated alkanes) is 3. The quantitative estimate of drug-likeness (QED) is 0.531. The third-order valence-corrected chi connectivity index (χ3v) is 3.86. The summed E-state index contributed by atoms with van der Waals surface area (Å²) in [6.07, 6.45) is 6.70. The normalized spacial score (nSPS) is 12.8. The largest absolute Gasteiger partial charge is 0.0654 e. The summed E-state index contributed by atoms with van der Waals surface area (Å²) in [6, 6.07) is 6.55. The van der Waals surface area contributed by atoms with E-state index in [-0.39, 0.29) is 0 Å². The Morgan fingerprint density at radius 1 is 1.00 bits per heavy atom. The Morgan fingerprint density at radius 3 is 2.19 bits per heavy atom. The topological polar surface area (TPSA) is 0 Å². The molecule has 0 radical (unpaired) electrons. The summed E-state index contributed by atoms with van der Waals surface area (Å²) in [7, 11) is 0. The molecule has 1 atom stereocenters. The average Bonchev–Trinajstić information content (AvgIpc) is 2.22. The molecule has 0 N–H and O–H groups in total. The molecule has 90 valence electrons. The van der Waals surface area contributed by atoms with Gasteiger partial charge in [0.2, 0.25) is 0 Å². The van der Waals surface area contributed by atoms with E-state index in [0.717, 1.165) is 8.95 Å². The van der Waals surface area contributed by atoms with Gasteiger partial charge in [0.05, 0.1) is 0 Å². The zero-order chi connectivity index (χ0) is 12.0. The predicted octanol–water partition coefficient (Wildman–Crippen LogP) is 6.29. The van der Waals surface area contributed by atoms with Crippen molar-refractivity contribution in [1.29, 1.82) is 0 Å². The summed E-state index contributed by atoms with van der Waals surface area (Å²) >= 11 is 7.09. The fourth-order valence-electron chi connectivity index (χ4n) is 1.90. The van der Waals surface area contributed by atoms with Crippen molar-refractivity contribution in [3.63, 3.8) is 0 Å². The monoisotopic (exact) mass is 346 g/mol. The van der Waals surface area contributed by atoms with E-state index in [2.05, 4.69) is 63.9 Å². The minimum absolute atomic E-state index is 0.658. The molecule has 0 aliphatic heterocycles. The molecule has 0 nitrogen and oxygen atoms in total. The van der Waals surface area contributed by atoms with Gasteiger partial charge < -0.3 is 0 Å². The molecule has 1 aromatic carbocycles. The molecule has 16 heavy (non-hydrogen) atoms. The fourth-order valence-corrected chi connectivity index (χ4v) is 3.23. The van der Waals surface area contributed by atoms with Gasteiger partial charge in [-0.1, -0.05) is 71.4 Å². The van der Waals surface area contributed by atoms with Gasteiger partial charge in [0, 0.05) is 8.95 Å². The van der Waals surface area contributed by atoms with Gasteiger partial charge in [0.25, 0.3) is 0 Å². The molecule has 1 unspecified atom stereocenters. The van der Waals surface area contributed by atoms with E-state index in [1.165, 1.54) is 37.7 Å². The maximum Gasteiger partial charge on any atom is 0.0189 e. The lowest BCUT2D eigenvalue weighted by atomic mass is 9.95. The highest BCUT2D eigenvalue weighted by molar-refractivity contribution is 9.11. The van der Waals surface area contributed by atoms with Crippen LogP contribution in [0.5, 0.6) is 0 Å². The second-order valence-corrected chi connectivity index (χ2v) is 6.28. The van der Waals surface area contributed by atoms with Crippen molar-refractivity contribution in [2.75, 3.05) is 0 Å². The summed E-state index contributed by atoms with van der Waals surface area (Å²) in [5.41, 5.74) is 1.43. The zero-order valence-electron chi connectivity index (χ0n) is 10.1. The lowest BCUT2D eigenvalue weighted by Crippen LogP contribution is -1.94. The zero-order valence-corrected chi connectivity index (χ0v) is 13.3. The Hall–Kier alpha value is 0.180. The van der Waals surface area contributed by atoms with Crippen molar-refractivity contribution in [2.45, 2.75) is 51.9 Å². The van der Waals surface area contributed by atoms with Crippen molar-refractivity contribution in [3.05, 3.63) is 32.7 Å². The smallest absolute Gasteiger partial charge is 0.0189 e. The van der Waals surface area contributed by atoms with E-state index in [0.29, 0.717) is 5.92 Å². The van der Waals surface area contributed by atoms with Crippen LogP contribution < -0.4 is 0 Å². The van der Waals surface area contributed by atoms with Gasteiger partial charge in [0.15, 0.2) is 0 Å². The second-order valence-electron chi connectivity index (χ2n) is 4.45. The van der Waals surface area contributed by atoms with Crippen molar-refractivity contribution >= 4 is 31.9 Å². The van der Waals surface area contributed by atoms with Crippen LogP contribution in [0.4, 0.5) is 0 Å². The van der Waals surface area contributed by atoms with Crippen molar-refractivity contribution < 1.29 is 0 Å². The van der Waals surface area contributed by atoms with Gasteiger partial charge in [0.1, 0.15) is 0 Å². The molecule has 1 rings (SSSR count). The van der Waals surface area contributed by atoms with E-state index in [1.807, 2.05) is 0 Å². The van der Waals surface area contributed by atoms with Crippen LogP contribution in [0.15, 0.2) is 27.1 Å². The molecule has 0 aromatic heterocycles. The molecule has 0 aliphatic rings. The molecule has 0 spiro atoms. The maximum atomic E-state index is 3.54. The highest BCUT2D eigenvalue weighted by Crippen LogP contribution is 2.28. The molecule has 0 aliphatic carbocycles. The Labute approximate surface area is 116 Å². The Kier molecular flexibility index (Phi) is 6.67. The minimum atomic E-state index is 0.658. The summed E-state index contributed by atoms with van der Waals surface area (Å²) in [5.74, 6) is 0.658. The fraction of sp³-hybridized carbons (Fsp3) is 0.571. The first kappa shape index (κ1) is 14.2. The SMILES string of the molecule is CCCCCCC(C)c1cc(Br)cc(Br)c1. The molecular formula is C14H20Br2. The van der Waals surface area contributed by atoms with Crippen LogP contribution in [0.1, 0.15) is 57.4 Å². The van der Waals surface area contributed by atoms with Crippen LogP contribution >= 0.6 is 31.9 Å². The van der Waals surface area contributed by atoms with Crippen molar-refractivity contribution in [2.24, 2.45) is 0 Å². The molecular weight excluding hydrogens is 328 g/mol. The van der Waals surface area contributed by atoms with E-state index >= 15 is 0 Å². The molecule has 0 bridgehead atoms. The summed E-state index contributed by atoms with van der Waals surface area (Å²) in [5, 5.41) is 0. The van der Waals surface area contributed by atoms with E-state index < -0.39 is 0 Å². The number of benzene rings is 1. The third-order valence-electron chi connectivity index (χ3n) is 2.94. The van der Waals surface area contributed by atoms with Gasteiger partial charge in [-0.25, -0.2) is 0 Å². The average molecular weight is 348 g/mol. The van der Waals surface area contributed by atoms with Crippen LogP contribution in [-0.4, -0.2) is 0 Å². The standard InChI is InChI=1S/C14H20Br2/c1-3-4-5-6-7-11(2)12-8-13(15)10-14(16)9-12/h8-11H,3-7H2,1-2H3. The highest BCUT2D eigenvalue weighted by atomic mass is 79.9. The Balaban J connectivity index is 2.48. The molecule has 0 heterocycles. The lowest BCUT2D eigenvalue weighted by molar-refractivity contribution is 0.580. The molecule has 0 saturated heterocycles. The number of hydrogen-bond acceptors (Lipinski definition) is 0. The molecule has 0 fully saturated rings. The third kappa shape index (κ3) is 5.01. The number of halogens is 2. The minimum Gasteiger partial charge on any atom is -0.0654 e. The number of hydrogen-bond donors (Lipinski definition) is 0. The van der Waals surface area contributed by atoms with Crippen molar-refractivity contribution in [1.82, 2.24) is 0 Å². The summed E-state index contributed by atoms with van der Waals surface area (Å²) < 4.78 is 2.33. The molecule has 1 aromatic rings. The van der Waals surface area contributed by atoms with E-state index in [9.17, 15) is 0 Å². The number of rotatable bonds is 6. The van der Waals surface area contributed by atoms with Gasteiger partial charge in [-0.05, 0) is 36.1 Å². The highest BCUT2D eigenvalue weighted by Gasteiger charge is 2.06. The van der Waals surface area contributed by atoms with Crippen LogP contribution in [-0.2, 0) is 0 Å². The van der Waals surface area contributed by atoms with E-state index in [1.54, 1.807) is 0 Å². The second kappa shape index (κ2) is 7.50. The van der Waals surface area contributed by atoms with Gasteiger partial charge in [-0.15, -0.1) is 0 Å². The summed E-state index contributed by atoms with van der Waals surface area (Å²) in [4.78, 5) is 0. The van der Waals surface area contributed by atoms with Gasteiger partial charge >= 0.3 is 0 Å². The molecule has 2 heteroatoms. The Morgan fingerprint density at radius 2 is 1.62 bits per heavy atom. The van der Waals surface area contributed by atoms with Crippen molar-refractivity contribution in [3.8, 4) is 0 Å². The molecule has 0 saturated carbocycles. The van der Waals surface area contributed by atoms with E-state index in [4.69, 9.17) is 0 Å². The van der Waals surface area contributed by atoms with Gasteiger partial charge in [-0.2, -0.15) is 0 Å². The molecule has 0 amide bonds. The van der Waals surface area contributed by atoms with Crippen LogP contribution in [0, 0.1) is 0 Å².